The highest BCUT2D eigenvalue weighted by molar-refractivity contribution is 5.77. The SMILES string of the molecule is O=C(CCCc1nc2ccccc2c(=O)[nH]1)NCc1cccc(Cn2cccn2)c1. The fraction of sp³-hybridized carbons (Fsp3) is 0.217. The molecule has 0 spiro atoms. The summed E-state index contributed by atoms with van der Waals surface area (Å²) in [5.74, 6) is 0.591. The first-order chi connectivity index (χ1) is 14.7. The molecule has 7 nitrogen and oxygen atoms in total. The van der Waals surface area contributed by atoms with Gasteiger partial charge < -0.3 is 10.3 Å². The number of rotatable bonds is 8. The van der Waals surface area contributed by atoms with Gasteiger partial charge >= 0.3 is 0 Å². The Balaban J connectivity index is 1.26. The van der Waals surface area contributed by atoms with Gasteiger partial charge in [0.25, 0.3) is 5.56 Å². The van der Waals surface area contributed by atoms with E-state index >= 15 is 0 Å². The van der Waals surface area contributed by atoms with Crippen molar-refractivity contribution in [1.82, 2.24) is 25.1 Å². The molecule has 4 aromatic rings. The number of amides is 1. The van der Waals surface area contributed by atoms with Crippen LogP contribution in [0.15, 0.2) is 71.8 Å². The number of carbonyl (C=O) groups is 1. The van der Waals surface area contributed by atoms with Crippen LogP contribution in [0.1, 0.15) is 29.8 Å². The van der Waals surface area contributed by atoms with Gasteiger partial charge in [0, 0.05) is 31.8 Å². The van der Waals surface area contributed by atoms with Crippen LogP contribution < -0.4 is 10.9 Å². The van der Waals surface area contributed by atoms with Crippen LogP contribution in [0.4, 0.5) is 0 Å². The van der Waals surface area contributed by atoms with E-state index in [2.05, 4.69) is 26.4 Å². The molecule has 30 heavy (non-hydrogen) atoms. The molecule has 0 atom stereocenters. The number of aromatic nitrogens is 4. The quantitative estimate of drug-likeness (QED) is 0.475. The number of benzene rings is 2. The van der Waals surface area contributed by atoms with E-state index in [4.69, 9.17) is 0 Å². The predicted molar refractivity (Wildman–Crippen MR) is 115 cm³/mol. The van der Waals surface area contributed by atoms with Crippen molar-refractivity contribution >= 4 is 16.8 Å². The Morgan fingerprint density at radius 2 is 1.93 bits per heavy atom. The maximum Gasteiger partial charge on any atom is 0.258 e. The number of nitrogens with zero attached hydrogens (tertiary/aromatic N) is 3. The molecule has 7 heteroatoms. The second kappa shape index (κ2) is 9.17. The molecule has 0 saturated carbocycles. The fourth-order valence-corrected chi connectivity index (χ4v) is 3.38. The molecule has 2 aromatic carbocycles. The Labute approximate surface area is 173 Å². The number of carbonyl (C=O) groups excluding carboxylic acids is 1. The summed E-state index contributed by atoms with van der Waals surface area (Å²) < 4.78 is 1.86. The Morgan fingerprint density at radius 3 is 2.80 bits per heavy atom. The Kier molecular flexibility index (Phi) is 5.98. The first-order valence-corrected chi connectivity index (χ1v) is 9.97. The predicted octanol–water partition coefficient (Wildman–Crippen LogP) is 2.81. The first kappa shape index (κ1) is 19.6. The minimum atomic E-state index is -0.143. The van der Waals surface area contributed by atoms with Crippen LogP contribution in [0.25, 0.3) is 10.9 Å². The molecule has 152 valence electrons. The van der Waals surface area contributed by atoms with Gasteiger partial charge in [-0.05, 0) is 35.7 Å². The minimum absolute atomic E-state index is 0.0179. The van der Waals surface area contributed by atoms with Gasteiger partial charge in [0.15, 0.2) is 0 Å². The second-order valence-corrected chi connectivity index (χ2v) is 7.18. The molecule has 0 radical (unpaired) electrons. The summed E-state index contributed by atoms with van der Waals surface area (Å²) in [6, 6.07) is 17.2. The van der Waals surface area contributed by atoms with Crippen molar-refractivity contribution < 1.29 is 4.79 Å². The fourth-order valence-electron chi connectivity index (χ4n) is 3.38. The Hall–Kier alpha value is -3.74. The number of fused-ring (bicyclic) bond motifs is 1. The van der Waals surface area contributed by atoms with Crippen LogP contribution in [0.5, 0.6) is 0 Å². The zero-order valence-electron chi connectivity index (χ0n) is 16.5. The van der Waals surface area contributed by atoms with Crippen LogP contribution >= 0.6 is 0 Å². The van der Waals surface area contributed by atoms with Crippen molar-refractivity contribution in [2.24, 2.45) is 0 Å². The molecule has 0 aliphatic rings. The molecular weight excluding hydrogens is 378 g/mol. The lowest BCUT2D eigenvalue weighted by molar-refractivity contribution is -0.121. The Bertz CT molecular complexity index is 1200. The third kappa shape index (κ3) is 5.00. The molecule has 4 rings (SSSR count). The molecule has 2 N–H and O–H groups in total. The van der Waals surface area contributed by atoms with E-state index in [0.717, 1.165) is 11.1 Å². The molecule has 1 amide bonds. The van der Waals surface area contributed by atoms with E-state index in [1.54, 1.807) is 12.3 Å². The second-order valence-electron chi connectivity index (χ2n) is 7.18. The highest BCUT2D eigenvalue weighted by Crippen LogP contribution is 2.09. The third-order valence-electron chi connectivity index (χ3n) is 4.86. The van der Waals surface area contributed by atoms with Gasteiger partial charge in [-0.2, -0.15) is 5.10 Å². The average Bonchev–Trinajstić information content (AvgIpc) is 3.26. The van der Waals surface area contributed by atoms with Crippen molar-refractivity contribution in [2.45, 2.75) is 32.4 Å². The van der Waals surface area contributed by atoms with Gasteiger partial charge in [-0.15, -0.1) is 0 Å². The summed E-state index contributed by atoms with van der Waals surface area (Å²) in [7, 11) is 0. The van der Waals surface area contributed by atoms with Crippen LogP contribution in [0.2, 0.25) is 0 Å². The number of para-hydroxylation sites is 1. The van der Waals surface area contributed by atoms with Crippen molar-refractivity contribution in [3.63, 3.8) is 0 Å². The lowest BCUT2D eigenvalue weighted by Crippen LogP contribution is -2.22. The smallest absolute Gasteiger partial charge is 0.258 e. The van der Waals surface area contributed by atoms with Gasteiger partial charge in [0.05, 0.1) is 17.4 Å². The first-order valence-electron chi connectivity index (χ1n) is 9.97. The van der Waals surface area contributed by atoms with Crippen LogP contribution in [0.3, 0.4) is 0 Å². The van der Waals surface area contributed by atoms with Gasteiger partial charge in [-0.1, -0.05) is 36.4 Å². The van der Waals surface area contributed by atoms with Crippen LogP contribution in [0, 0.1) is 0 Å². The molecule has 0 aliphatic carbocycles. The Morgan fingerprint density at radius 1 is 1.07 bits per heavy atom. The summed E-state index contributed by atoms with van der Waals surface area (Å²) in [6.45, 7) is 1.18. The lowest BCUT2D eigenvalue weighted by atomic mass is 10.1. The van der Waals surface area contributed by atoms with Gasteiger partial charge in [-0.3, -0.25) is 14.3 Å². The van der Waals surface area contributed by atoms with E-state index in [-0.39, 0.29) is 11.5 Å². The molecule has 0 unspecified atom stereocenters. The summed E-state index contributed by atoms with van der Waals surface area (Å²) in [6.07, 6.45) is 5.22. The molecular formula is C23H23N5O2. The number of nitrogens with one attached hydrogen (secondary N) is 2. The third-order valence-corrected chi connectivity index (χ3v) is 4.86. The zero-order valence-corrected chi connectivity index (χ0v) is 16.5. The van der Waals surface area contributed by atoms with E-state index in [0.29, 0.717) is 49.1 Å². The van der Waals surface area contributed by atoms with Gasteiger partial charge in [-0.25, -0.2) is 4.98 Å². The van der Waals surface area contributed by atoms with E-state index in [1.165, 1.54) is 0 Å². The van der Waals surface area contributed by atoms with Crippen molar-refractivity contribution in [3.05, 3.63) is 94.3 Å². The number of aromatic amines is 1. The topological polar surface area (TPSA) is 92.7 Å². The monoisotopic (exact) mass is 401 g/mol. The van der Waals surface area contributed by atoms with Crippen molar-refractivity contribution in [3.8, 4) is 0 Å². The number of hydrogen-bond acceptors (Lipinski definition) is 4. The highest BCUT2D eigenvalue weighted by Gasteiger charge is 2.06. The summed E-state index contributed by atoms with van der Waals surface area (Å²) >= 11 is 0. The number of H-pyrrole nitrogens is 1. The molecule has 0 aliphatic heterocycles. The normalized spacial score (nSPS) is 10.9. The van der Waals surface area contributed by atoms with Crippen LogP contribution in [-0.2, 0) is 24.3 Å². The minimum Gasteiger partial charge on any atom is -0.352 e. The number of hydrogen-bond donors (Lipinski definition) is 2. The van der Waals surface area contributed by atoms with Crippen molar-refractivity contribution in [2.75, 3.05) is 0 Å². The molecule has 0 bridgehead atoms. The molecule has 2 aromatic heterocycles. The van der Waals surface area contributed by atoms with E-state index in [9.17, 15) is 9.59 Å². The molecule has 0 saturated heterocycles. The van der Waals surface area contributed by atoms with Crippen LogP contribution in [-0.4, -0.2) is 25.7 Å². The van der Waals surface area contributed by atoms with E-state index < -0.39 is 0 Å². The summed E-state index contributed by atoms with van der Waals surface area (Å²) in [4.78, 5) is 31.6. The lowest BCUT2D eigenvalue weighted by Gasteiger charge is -2.08. The van der Waals surface area contributed by atoms with Gasteiger partial charge in [0.2, 0.25) is 5.91 Å². The van der Waals surface area contributed by atoms with Crippen molar-refractivity contribution in [1.29, 1.82) is 0 Å². The summed E-state index contributed by atoms with van der Waals surface area (Å²) in [5.41, 5.74) is 2.72. The molecule has 0 fully saturated rings. The number of aryl methyl sites for hydroxylation is 1. The standard InChI is InChI=1S/C23H23N5O2/c29-22(11-4-10-21-26-20-9-2-1-8-19(20)23(30)27-21)24-15-17-6-3-7-18(14-17)16-28-13-5-12-25-28/h1-3,5-9,12-14H,4,10-11,15-16H2,(H,24,29)(H,26,27,30). The highest BCUT2D eigenvalue weighted by atomic mass is 16.1. The van der Waals surface area contributed by atoms with E-state index in [1.807, 2.05) is 53.3 Å². The average molecular weight is 401 g/mol. The largest absolute Gasteiger partial charge is 0.352 e. The van der Waals surface area contributed by atoms with Gasteiger partial charge in [0.1, 0.15) is 5.82 Å². The zero-order chi connectivity index (χ0) is 20.8. The molecule has 2 heterocycles. The maximum absolute atomic E-state index is 12.2. The summed E-state index contributed by atoms with van der Waals surface area (Å²) in [5, 5.41) is 7.75. The maximum atomic E-state index is 12.2.